The number of thiophene rings is 1. The van der Waals surface area contributed by atoms with Crippen LogP contribution >= 0.6 is 11.3 Å². The topological polar surface area (TPSA) is 94.3 Å². The van der Waals surface area contributed by atoms with Gasteiger partial charge in [-0.15, -0.1) is 0 Å². The minimum Gasteiger partial charge on any atom is -0.455 e. The number of ether oxygens (including phenoxy) is 1. The van der Waals surface area contributed by atoms with Gasteiger partial charge < -0.3 is 14.6 Å². The summed E-state index contributed by atoms with van der Waals surface area (Å²) in [7, 11) is 0. The fraction of sp³-hybridized carbons (Fsp3) is 0.222. The van der Waals surface area contributed by atoms with E-state index in [9.17, 15) is 9.59 Å². The van der Waals surface area contributed by atoms with E-state index in [1.165, 1.54) is 11.3 Å². The lowest BCUT2D eigenvalue weighted by atomic mass is 10.2. The third-order valence-corrected chi connectivity index (χ3v) is 4.17. The Morgan fingerprint density at radius 2 is 2.08 bits per heavy atom. The highest BCUT2D eigenvalue weighted by Gasteiger charge is 2.16. The molecule has 0 fully saturated rings. The SMILES string of the molecule is CC(CC(=O)OCc1nc(-c2ccsc2)no1)NC(=O)c1ccccc1. The summed E-state index contributed by atoms with van der Waals surface area (Å²) >= 11 is 1.53. The minimum absolute atomic E-state index is 0.0457. The van der Waals surface area contributed by atoms with Gasteiger partial charge in [0.25, 0.3) is 11.8 Å². The molecule has 0 aliphatic heterocycles. The number of carbonyl (C=O) groups excluding carboxylic acids is 2. The van der Waals surface area contributed by atoms with Gasteiger partial charge in [0.15, 0.2) is 6.61 Å². The maximum absolute atomic E-state index is 12.0. The van der Waals surface area contributed by atoms with Crippen molar-refractivity contribution in [1.29, 1.82) is 0 Å². The monoisotopic (exact) mass is 371 g/mol. The smallest absolute Gasteiger partial charge is 0.308 e. The zero-order valence-corrected chi connectivity index (χ0v) is 14.9. The van der Waals surface area contributed by atoms with E-state index in [-0.39, 0.29) is 30.9 Å². The molecule has 3 rings (SSSR count). The second kappa shape index (κ2) is 8.39. The molecule has 1 atom stereocenters. The summed E-state index contributed by atoms with van der Waals surface area (Å²) in [4.78, 5) is 28.1. The van der Waals surface area contributed by atoms with Gasteiger partial charge in [-0.1, -0.05) is 23.4 Å². The molecule has 0 spiro atoms. The molecule has 1 amide bonds. The van der Waals surface area contributed by atoms with E-state index >= 15 is 0 Å². The highest BCUT2D eigenvalue weighted by molar-refractivity contribution is 7.08. The van der Waals surface area contributed by atoms with Gasteiger partial charge in [-0.2, -0.15) is 16.3 Å². The highest BCUT2D eigenvalue weighted by atomic mass is 32.1. The molecule has 0 aliphatic rings. The van der Waals surface area contributed by atoms with Crippen molar-refractivity contribution in [3.63, 3.8) is 0 Å². The number of benzene rings is 1. The Morgan fingerprint density at radius 3 is 2.81 bits per heavy atom. The molecule has 8 heteroatoms. The second-order valence-electron chi connectivity index (χ2n) is 5.63. The number of rotatable bonds is 7. The molecule has 7 nitrogen and oxygen atoms in total. The van der Waals surface area contributed by atoms with Crippen molar-refractivity contribution < 1.29 is 18.8 Å². The Morgan fingerprint density at radius 1 is 1.27 bits per heavy atom. The van der Waals surface area contributed by atoms with Crippen molar-refractivity contribution in [2.24, 2.45) is 0 Å². The summed E-state index contributed by atoms with van der Waals surface area (Å²) in [6, 6.07) is 10.3. The van der Waals surface area contributed by atoms with Crippen molar-refractivity contribution in [2.75, 3.05) is 0 Å². The molecule has 26 heavy (non-hydrogen) atoms. The van der Waals surface area contributed by atoms with E-state index < -0.39 is 5.97 Å². The number of nitrogens with one attached hydrogen (secondary N) is 1. The second-order valence-corrected chi connectivity index (χ2v) is 6.41. The van der Waals surface area contributed by atoms with Crippen LogP contribution in [-0.4, -0.2) is 28.1 Å². The van der Waals surface area contributed by atoms with Crippen molar-refractivity contribution in [3.8, 4) is 11.4 Å². The number of amides is 1. The van der Waals surface area contributed by atoms with Gasteiger partial charge >= 0.3 is 5.97 Å². The number of aromatic nitrogens is 2. The van der Waals surface area contributed by atoms with Crippen LogP contribution in [0.15, 0.2) is 51.7 Å². The molecular formula is C18H17N3O4S. The summed E-state index contributed by atoms with van der Waals surface area (Å²) in [5, 5.41) is 10.4. The quantitative estimate of drug-likeness (QED) is 0.642. The maximum atomic E-state index is 12.0. The van der Waals surface area contributed by atoms with E-state index in [1.807, 2.05) is 22.9 Å². The van der Waals surface area contributed by atoms with Crippen LogP contribution in [0.5, 0.6) is 0 Å². The molecule has 0 bridgehead atoms. The Balaban J connectivity index is 1.44. The first kappa shape index (κ1) is 17.8. The van der Waals surface area contributed by atoms with E-state index in [4.69, 9.17) is 9.26 Å². The van der Waals surface area contributed by atoms with Crippen molar-refractivity contribution in [1.82, 2.24) is 15.5 Å². The molecule has 0 saturated heterocycles. The predicted octanol–water partition coefficient (Wildman–Crippen LogP) is 3.05. The van der Waals surface area contributed by atoms with Crippen LogP contribution in [-0.2, 0) is 16.1 Å². The van der Waals surface area contributed by atoms with Crippen LogP contribution in [0.3, 0.4) is 0 Å². The van der Waals surface area contributed by atoms with Crippen LogP contribution in [0.4, 0.5) is 0 Å². The van der Waals surface area contributed by atoms with Crippen molar-refractivity contribution in [2.45, 2.75) is 26.0 Å². The van der Waals surface area contributed by atoms with Gasteiger partial charge in [0.1, 0.15) is 0 Å². The molecule has 134 valence electrons. The summed E-state index contributed by atoms with van der Waals surface area (Å²) in [5.74, 6) is -0.00864. The van der Waals surface area contributed by atoms with Gasteiger partial charge in [-0.05, 0) is 30.5 Å². The molecule has 0 aliphatic carbocycles. The number of hydrogen-bond acceptors (Lipinski definition) is 7. The van der Waals surface area contributed by atoms with Crippen molar-refractivity contribution in [3.05, 3.63) is 58.6 Å². The number of nitrogens with zero attached hydrogens (tertiary/aromatic N) is 2. The normalized spacial score (nSPS) is 11.7. The average Bonchev–Trinajstić information content (AvgIpc) is 3.32. The fourth-order valence-electron chi connectivity index (χ4n) is 2.22. The average molecular weight is 371 g/mol. The molecule has 1 N–H and O–H groups in total. The first-order chi connectivity index (χ1) is 12.6. The summed E-state index contributed by atoms with van der Waals surface area (Å²) < 4.78 is 10.2. The zero-order chi connectivity index (χ0) is 18.4. The predicted molar refractivity (Wildman–Crippen MR) is 95.4 cm³/mol. The lowest BCUT2D eigenvalue weighted by molar-refractivity contribution is -0.146. The summed E-state index contributed by atoms with van der Waals surface area (Å²) in [5.41, 5.74) is 1.40. The number of carbonyl (C=O) groups is 2. The zero-order valence-electron chi connectivity index (χ0n) is 14.0. The van der Waals surface area contributed by atoms with Gasteiger partial charge in [0.05, 0.1) is 6.42 Å². The molecular weight excluding hydrogens is 354 g/mol. The van der Waals surface area contributed by atoms with Gasteiger partial charge in [0.2, 0.25) is 5.82 Å². The van der Waals surface area contributed by atoms with Crippen LogP contribution < -0.4 is 5.32 Å². The Bertz CT molecular complexity index is 862. The number of hydrogen-bond donors (Lipinski definition) is 1. The third-order valence-electron chi connectivity index (χ3n) is 3.49. The highest BCUT2D eigenvalue weighted by Crippen LogP contribution is 2.18. The van der Waals surface area contributed by atoms with Crippen LogP contribution in [0, 0.1) is 0 Å². The molecule has 1 aromatic carbocycles. The van der Waals surface area contributed by atoms with Crippen LogP contribution in [0.1, 0.15) is 29.6 Å². The Labute approximate surface area is 154 Å². The largest absolute Gasteiger partial charge is 0.455 e. The Kier molecular flexibility index (Phi) is 5.75. The third kappa shape index (κ3) is 4.76. The van der Waals surface area contributed by atoms with Crippen LogP contribution in [0.2, 0.25) is 0 Å². The van der Waals surface area contributed by atoms with E-state index in [0.29, 0.717) is 11.4 Å². The molecule has 3 aromatic rings. The summed E-state index contributed by atoms with van der Waals surface area (Å²) in [6.45, 7) is 1.64. The van der Waals surface area contributed by atoms with Gasteiger partial charge in [-0.25, -0.2) is 0 Å². The first-order valence-corrected chi connectivity index (χ1v) is 8.93. The number of esters is 1. The standard InChI is InChI=1S/C18H17N3O4S/c1-12(19-18(23)13-5-3-2-4-6-13)9-16(22)24-10-15-20-17(21-25-15)14-7-8-26-11-14/h2-8,11-12H,9-10H2,1H3,(H,19,23). The van der Waals surface area contributed by atoms with Crippen molar-refractivity contribution >= 4 is 23.2 Å². The Hall–Kier alpha value is -3.00. The molecule has 2 heterocycles. The lowest BCUT2D eigenvalue weighted by Gasteiger charge is -2.13. The van der Waals surface area contributed by atoms with E-state index in [2.05, 4.69) is 15.5 Å². The lowest BCUT2D eigenvalue weighted by Crippen LogP contribution is -2.34. The molecule has 0 saturated carbocycles. The molecule has 0 radical (unpaired) electrons. The van der Waals surface area contributed by atoms with Gasteiger partial charge in [-0.3, -0.25) is 9.59 Å². The molecule has 1 unspecified atom stereocenters. The van der Waals surface area contributed by atoms with Crippen LogP contribution in [0.25, 0.3) is 11.4 Å². The van der Waals surface area contributed by atoms with E-state index in [0.717, 1.165) is 5.56 Å². The summed E-state index contributed by atoms with van der Waals surface area (Å²) in [6.07, 6.45) is 0.0457. The van der Waals surface area contributed by atoms with E-state index in [1.54, 1.807) is 31.2 Å². The first-order valence-electron chi connectivity index (χ1n) is 7.98. The maximum Gasteiger partial charge on any atom is 0.308 e. The minimum atomic E-state index is -0.457. The van der Waals surface area contributed by atoms with Gasteiger partial charge in [0, 0.05) is 22.5 Å². The fourth-order valence-corrected chi connectivity index (χ4v) is 2.86. The molecule has 2 aromatic heterocycles.